The fourth-order valence-corrected chi connectivity index (χ4v) is 5.91. The summed E-state index contributed by atoms with van der Waals surface area (Å²) in [5.74, 6) is 0.223. The first-order valence-corrected chi connectivity index (χ1v) is 11.1. The van der Waals surface area contributed by atoms with Gasteiger partial charge in [-0.05, 0) is 32.1 Å². The van der Waals surface area contributed by atoms with Crippen molar-refractivity contribution in [2.24, 2.45) is 5.92 Å². The van der Waals surface area contributed by atoms with Crippen LogP contribution in [0, 0.1) is 5.92 Å². The molecule has 0 spiro atoms. The van der Waals surface area contributed by atoms with E-state index >= 15 is 0 Å². The molecule has 0 aliphatic carbocycles. The molecule has 2 heterocycles. The summed E-state index contributed by atoms with van der Waals surface area (Å²) >= 11 is 2.67. The zero-order chi connectivity index (χ0) is 19.4. The minimum absolute atomic E-state index is 0.00931. The van der Waals surface area contributed by atoms with Gasteiger partial charge in [-0.15, -0.1) is 11.8 Å². The second kappa shape index (κ2) is 9.26. The Labute approximate surface area is 163 Å². The molecule has 5 atom stereocenters. The maximum Gasteiger partial charge on any atom is 0.246 e. The molecule has 0 aromatic rings. The Morgan fingerprint density at radius 1 is 1.31 bits per heavy atom. The van der Waals surface area contributed by atoms with Crippen molar-refractivity contribution >= 4 is 46.2 Å². The van der Waals surface area contributed by atoms with E-state index in [9.17, 15) is 19.2 Å². The fraction of sp³-hybridized carbons (Fsp3) is 0.778. The number of nitrogens with one attached hydrogen (secondary N) is 1. The number of hydrogen-bond donors (Lipinski definition) is 1. The lowest BCUT2D eigenvalue weighted by molar-refractivity contribution is -0.141. The minimum Gasteiger partial charge on any atom is -0.343 e. The monoisotopic (exact) mass is 400 g/mol. The summed E-state index contributed by atoms with van der Waals surface area (Å²) in [4.78, 5) is 50.9. The van der Waals surface area contributed by atoms with Crippen LogP contribution in [0.3, 0.4) is 0 Å². The highest BCUT2D eigenvalue weighted by atomic mass is 32.2. The Kier molecular flexibility index (Phi) is 7.58. The summed E-state index contributed by atoms with van der Waals surface area (Å²) in [6.45, 7) is 6.88. The highest BCUT2D eigenvalue weighted by molar-refractivity contribution is 8.14. The molecular weight excluding hydrogens is 372 g/mol. The maximum absolute atomic E-state index is 13.0. The molecule has 2 saturated heterocycles. The Morgan fingerprint density at radius 3 is 2.58 bits per heavy atom. The van der Waals surface area contributed by atoms with Crippen molar-refractivity contribution < 1.29 is 19.2 Å². The molecule has 0 saturated carbocycles. The number of nitrogens with zero attached hydrogens (tertiary/aromatic N) is 1. The van der Waals surface area contributed by atoms with Gasteiger partial charge >= 0.3 is 0 Å². The molecule has 0 radical (unpaired) electrons. The summed E-state index contributed by atoms with van der Waals surface area (Å²) in [6, 6.07) is -1.01. The van der Waals surface area contributed by atoms with Crippen LogP contribution in [-0.4, -0.2) is 56.1 Å². The molecule has 2 rings (SSSR count). The van der Waals surface area contributed by atoms with Crippen molar-refractivity contribution in [3.05, 3.63) is 0 Å². The Balaban J connectivity index is 2.13. The van der Waals surface area contributed by atoms with Crippen molar-refractivity contribution in [3.63, 3.8) is 0 Å². The molecule has 4 unspecified atom stereocenters. The van der Waals surface area contributed by atoms with E-state index in [-0.39, 0.29) is 34.0 Å². The van der Waals surface area contributed by atoms with Gasteiger partial charge in [0.1, 0.15) is 12.1 Å². The van der Waals surface area contributed by atoms with Gasteiger partial charge in [0.25, 0.3) is 0 Å². The second-order valence-electron chi connectivity index (χ2n) is 7.07. The van der Waals surface area contributed by atoms with Crippen molar-refractivity contribution in [2.75, 3.05) is 5.75 Å². The number of Topliss-reactive ketones (excluding diaryl/α,β-unsaturated/α-hetero) is 1. The van der Waals surface area contributed by atoms with Crippen LogP contribution in [0.4, 0.5) is 0 Å². The van der Waals surface area contributed by atoms with E-state index < -0.39 is 17.3 Å². The van der Waals surface area contributed by atoms with Gasteiger partial charge in [-0.3, -0.25) is 19.2 Å². The van der Waals surface area contributed by atoms with Crippen LogP contribution in [0.2, 0.25) is 0 Å². The lowest BCUT2D eigenvalue weighted by Gasteiger charge is -2.30. The molecule has 0 bridgehead atoms. The lowest BCUT2D eigenvalue weighted by atomic mass is 10.0. The molecule has 0 aromatic carbocycles. The quantitative estimate of drug-likeness (QED) is 0.736. The van der Waals surface area contributed by atoms with Gasteiger partial charge in [0.15, 0.2) is 10.9 Å². The first kappa shape index (κ1) is 21.3. The first-order chi connectivity index (χ1) is 12.3. The molecule has 2 fully saturated rings. The van der Waals surface area contributed by atoms with Gasteiger partial charge < -0.3 is 10.2 Å². The second-order valence-corrected chi connectivity index (χ2v) is 9.60. The Bertz CT molecular complexity index is 584. The Morgan fingerprint density at radius 2 is 2.00 bits per heavy atom. The molecule has 6 nitrogen and oxygen atoms in total. The number of carbonyl (C=O) groups excluding carboxylic acids is 4. The predicted octanol–water partition coefficient (Wildman–Crippen LogP) is 2.21. The smallest absolute Gasteiger partial charge is 0.246 e. The average Bonchev–Trinajstić information content (AvgIpc) is 2.95. The molecule has 1 N–H and O–H groups in total. The largest absolute Gasteiger partial charge is 0.343 e. The van der Waals surface area contributed by atoms with E-state index in [1.807, 2.05) is 13.8 Å². The molecule has 26 heavy (non-hydrogen) atoms. The predicted molar refractivity (Wildman–Crippen MR) is 105 cm³/mol. The van der Waals surface area contributed by atoms with E-state index in [1.165, 1.54) is 13.8 Å². The zero-order valence-electron chi connectivity index (χ0n) is 15.8. The number of hydrogen-bond acceptors (Lipinski definition) is 6. The number of carbonyl (C=O) groups is 4. The third-order valence-corrected chi connectivity index (χ3v) is 7.71. The highest BCUT2D eigenvalue weighted by Crippen LogP contribution is 2.36. The fourth-order valence-electron chi connectivity index (χ4n) is 3.40. The van der Waals surface area contributed by atoms with Crippen LogP contribution >= 0.6 is 23.5 Å². The minimum atomic E-state index is -0.618. The van der Waals surface area contributed by atoms with Crippen molar-refractivity contribution in [2.45, 2.75) is 76.1 Å². The van der Waals surface area contributed by atoms with E-state index in [0.29, 0.717) is 12.2 Å². The molecule has 146 valence electrons. The highest BCUT2D eigenvalue weighted by Gasteiger charge is 2.44. The standard InChI is InChI=1S/C18H28N2O4S2/c1-5-10(2)16(26-12(4)22)17(23)19-13-7-6-8-15-20(18(13)24)14(9-25-15)11(3)21/h10,13-16H,5-9H2,1-4H3,(H,19,23)/t10-,13?,14?,15?,16?/m0/s1. The van der Waals surface area contributed by atoms with Crippen LogP contribution < -0.4 is 5.32 Å². The van der Waals surface area contributed by atoms with Crippen molar-refractivity contribution in [1.82, 2.24) is 10.2 Å². The van der Waals surface area contributed by atoms with E-state index in [2.05, 4.69) is 5.32 Å². The molecule has 0 aromatic heterocycles. The van der Waals surface area contributed by atoms with Gasteiger partial charge in [0.2, 0.25) is 11.8 Å². The Hall–Kier alpha value is -1.02. The maximum atomic E-state index is 13.0. The third kappa shape index (κ3) is 4.82. The third-order valence-electron chi connectivity index (χ3n) is 5.09. The van der Waals surface area contributed by atoms with E-state index in [4.69, 9.17) is 0 Å². The van der Waals surface area contributed by atoms with Gasteiger partial charge in [0, 0.05) is 12.7 Å². The van der Waals surface area contributed by atoms with Crippen LogP contribution in [0.5, 0.6) is 0 Å². The average molecular weight is 401 g/mol. The van der Waals surface area contributed by atoms with Crippen molar-refractivity contribution in [1.29, 1.82) is 0 Å². The molecule has 8 heteroatoms. The van der Waals surface area contributed by atoms with Gasteiger partial charge in [-0.1, -0.05) is 32.0 Å². The first-order valence-electron chi connectivity index (χ1n) is 9.18. The molecule has 2 aliphatic rings. The normalized spacial score (nSPS) is 28.1. The van der Waals surface area contributed by atoms with Gasteiger partial charge in [-0.25, -0.2) is 0 Å². The van der Waals surface area contributed by atoms with Crippen LogP contribution in [0.15, 0.2) is 0 Å². The number of amides is 2. The molecule has 2 amide bonds. The van der Waals surface area contributed by atoms with E-state index in [0.717, 1.165) is 31.0 Å². The number of rotatable bonds is 6. The van der Waals surface area contributed by atoms with Crippen LogP contribution in [0.25, 0.3) is 0 Å². The summed E-state index contributed by atoms with van der Waals surface area (Å²) in [5.41, 5.74) is 0. The lowest BCUT2D eigenvalue weighted by Crippen LogP contribution is -2.54. The summed E-state index contributed by atoms with van der Waals surface area (Å²) in [5, 5.41) is 2.30. The number of fused-ring (bicyclic) bond motifs is 1. The topological polar surface area (TPSA) is 83.6 Å². The summed E-state index contributed by atoms with van der Waals surface area (Å²) in [7, 11) is 0. The SMILES string of the molecule is CC[C@H](C)C(SC(C)=O)C(=O)NC1CCCC2SCC(C(C)=O)N2C1=O. The van der Waals surface area contributed by atoms with Gasteiger partial charge in [0.05, 0.1) is 10.6 Å². The van der Waals surface area contributed by atoms with Crippen LogP contribution in [0.1, 0.15) is 53.4 Å². The number of thioether (sulfide) groups is 2. The van der Waals surface area contributed by atoms with Gasteiger partial charge in [-0.2, -0.15) is 0 Å². The number of ketones is 1. The zero-order valence-corrected chi connectivity index (χ0v) is 17.5. The van der Waals surface area contributed by atoms with E-state index in [1.54, 1.807) is 16.7 Å². The van der Waals surface area contributed by atoms with Crippen molar-refractivity contribution in [3.8, 4) is 0 Å². The van der Waals surface area contributed by atoms with Crippen LogP contribution in [-0.2, 0) is 19.2 Å². The molecular formula is C18H28N2O4S2. The summed E-state index contributed by atoms with van der Waals surface area (Å²) in [6.07, 6.45) is 3.00. The summed E-state index contributed by atoms with van der Waals surface area (Å²) < 4.78 is 0. The molecule has 2 aliphatic heterocycles.